The molecule has 0 bridgehead atoms. The molecular formula is C26H34BrF2NO4. The second-order valence-electron chi connectivity index (χ2n) is 9.06. The summed E-state index contributed by atoms with van der Waals surface area (Å²) in [6.07, 6.45) is 2.96. The Kier molecular flexibility index (Phi) is 9.85. The van der Waals surface area contributed by atoms with Gasteiger partial charge >= 0.3 is 0 Å². The summed E-state index contributed by atoms with van der Waals surface area (Å²) in [5.74, 6) is -2.84. The van der Waals surface area contributed by atoms with Gasteiger partial charge in [-0.2, -0.15) is 8.78 Å². The predicted molar refractivity (Wildman–Crippen MR) is 131 cm³/mol. The lowest BCUT2D eigenvalue weighted by Crippen LogP contribution is -2.35. The largest absolute Gasteiger partial charge is 0.463 e. The van der Waals surface area contributed by atoms with Gasteiger partial charge in [0.1, 0.15) is 12.4 Å². The molecule has 5 nitrogen and oxygen atoms in total. The molecule has 8 heteroatoms. The lowest BCUT2D eigenvalue weighted by Gasteiger charge is -2.33. The van der Waals surface area contributed by atoms with Crippen molar-refractivity contribution in [3.63, 3.8) is 0 Å². The van der Waals surface area contributed by atoms with Crippen LogP contribution in [0.1, 0.15) is 62.3 Å². The molecule has 0 saturated heterocycles. The summed E-state index contributed by atoms with van der Waals surface area (Å²) in [5.41, 5.74) is 1.72. The van der Waals surface area contributed by atoms with Gasteiger partial charge in [-0.15, -0.1) is 0 Å². The highest BCUT2D eigenvalue weighted by molar-refractivity contribution is 9.10. The molecule has 0 amide bonds. The number of aliphatic hydroxyl groups is 1. The van der Waals surface area contributed by atoms with E-state index in [0.29, 0.717) is 24.2 Å². The van der Waals surface area contributed by atoms with Crippen molar-refractivity contribution >= 4 is 15.9 Å². The van der Waals surface area contributed by atoms with Gasteiger partial charge in [0, 0.05) is 42.6 Å². The van der Waals surface area contributed by atoms with E-state index in [0.717, 1.165) is 49.1 Å². The molecule has 2 N–H and O–H groups in total. The molecule has 2 aromatic rings. The number of rotatable bonds is 13. The van der Waals surface area contributed by atoms with Gasteiger partial charge in [-0.25, -0.2) is 0 Å². The van der Waals surface area contributed by atoms with Crippen molar-refractivity contribution in [2.24, 2.45) is 0 Å². The van der Waals surface area contributed by atoms with Crippen LogP contribution in [0.4, 0.5) is 8.78 Å². The third kappa shape index (κ3) is 8.27. The van der Waals surface area contributed by atoms with Crippen molar-refractivity contribution in [3.05, 3.63) is 63.6 Å². The van der Waals surface area contributed by atoms with E-state index in [2.05, 4.69) is 21.2 Å². The maximum absolute atomic E-state index is 14.2. The Morgan fingerprint density at radius 3 is 2.74 bits per heavy atom. The van der Waals surface area contributed by atoms with Gasteiger partial charge < -0.3 is 24.6 Å². The molecule has 1 heterocycles. The summed E-state index contributed by atoms with van der Waals surface area (Å²) in [6, 6.07) is 11.8. The molecule has 3 rings (SSSR count). The van der Waals surface area contributed by atoms with E-state index in [-0.39, 0.29) is 5.56 Å². The van der Waals surface area contributed by atoms with Crippen molar-refractivity contribution in [1.29, 1.82) is 0 Å². The van der Waals surface area contributed by atoms with E-state index < -0.39 is 24.4 Å². The fourth-order valence-electron chi connectivity index (χ4n) is 3.73. The molecular weight excluding hydrogens is 508 g/mol. The highest BCUT2D eigenvalue weighted by Crippen LogP contribution is 2.33. The number of aliphatic hydroxyl groups excluding tert-OH is 1. The number of hydrogen-bond donors (Lipinski definition) is 2. The number of fused-ring (bicyclic) bond motifs is 1. The van der Waals surface area contributed by atoms with Crippen LogP contribution < -0.4 is 10.1 Å². The van der Waals surface area contributed by atoms with Crippen LogP contribution in [0.25, 0.3) is 0 Å². The van der Waals surface area contributed by atoms with Crippen LogP contribution in [-0.4, -0.2) is 37.2 Å². The zero-order valence-corrected chi connectivity index (χ0v) is 21.4. The second kappa shape index (κ2) is 12.4. The Morgan fingerprint density at radius 2 is 1.94 bits per heavy atom. The third-order valence-corrected chi connectivity index (χ3v) is 6.15. The summed E-state index contributed by atoms with van der Waals surface area (Å²) >= 11 is 3.22. The minimum Gasteiger partial charge on any atom is -0.463 e. The van der Waals surface area contributed by atoms with Crippen LogP contribution in [0.2, 0.25) is 0 Å². The van der Waals surface area contributed by atoms with Crippen molar-refractivity contribution in [2.45, 2.75) is 64.0 Å². The minimum atomic E-state index is -3.00. The van der Waals surface area contributed by atoms with Gasteiger partial charge in [-0.3, -0.25) is 0 Å². The first-order valence-corrected chi connectivity index (χ1v) is 12.5. The zero-order chi connectivity index (χ0) is 24.6. The molecule has 0 aromatic heterocycles. The monoisotopic (exact) mass is 541 g/mol. The van der Waals surface area contributed by atoms with Crippen molar-refractivity contribution in [3.8, 4) is 5.75 Å². The fraction of sp³-hybridized carbons (Fsp3) is 0.538. The first-order valence-electron chi connectivity index (χ1n) is 11.7. The average Bonchev–Trinajstić information content (AvgIpc) is 2.79. The van der Waals surface area contributed by atoms with Gasteiger partial charge in [0.05, 0.1) is 12.7 Å². The van der Waals surface area contributed by atoms with E-state index in [1.54, 1.807) is 12.1 Å². The molecule has 1 aliphatic rings. The molecule has 0 radical (unpaired) electrons. The van der Waals surface area contributed by atoms with Crippen LogP contribution >= 0.6 is 15.9 Å². The second-order valence-corrected chi connectivity index (χ2v) is 9.97. The first-order chi connectivity index (χ1) is 16.2. The molecule has 1 aliphatic heterocycles. The molecule has 2 aromatic carbocycles. The normalized spacial score (nSPS) is 16.1. The number of alkyl halides is 2. The van der Waals surface area contributed by atoms with Crippen LogP contribution in [0, 0.1) is 0 Å². The third-order valence-electron chi connectivity index (χ3n) is 5.66. The topological polar surface area (TPSA) is 60.0 Å². The van der Waals surface area contributed by atoms with Crippen LogP contribution in [0.3, 0.4) is 0 Å². The van der Waals surface area contributed by atoms with Crippen molar-refractivity contribution in [1.82, 2.24) is 5.32 Å². The van der Waals surface area contributed by atoms with Gasteiger partial charge in [0.15, 0.2) is 0 Å². The van der Waals surface area contributed by atoms with E-state index in [1.165, 1.54) is 12.1 Å². The summed E-state index contributed by atoms with van der Waals surface area (Å²) in [6.45, 7) is 5.16. The van der Waals surface area contributed by atoms with E-state index in [9.17, 15) is 13.9 Å². The Bertz CT molecular complexity index is 925. The number of benzene rings is 2. The lowest BCUT2D eigenvalue weighted by atomic mass is 10.0. The van der Waals surface area contributed by atoms with Crippen molar-refractivity contribution in [2.75, 3.05) is 26.3 Å². The van der Waals surface area contributed by atoms with Crippen LogP contribution in [-0.2, 0) is 22.0 Å². The van der Waals surface area contributed by atoms with E-state index in [4.69, 9.17) is 14.2 Å². The molecule has 1 unspecified atom stereocenters. The molecule has 34 heavy (non-hydrogen) atoms. The quantitative estimate of drug-likeness (QED) is 0.300. The van der Waals surface area contributed by atoms with Crippen LogP contribution in [0.5, 0.6) is 5.75 Å². The standard InChI is InChI=1S/C26H34BrF2NO4/c1-25(2)33-17-20-14-19(10-11-24(20)34-25)23(31)16-30-12-5-3-4-6-13-32-18-26(28,29)21-8-7-9-22(27)15-21/h7-11,14-15,23,30-31H,3-6,12-13,16-18H2,1-2H3. The van der Waals surface area contributed by atoms with Gasteiger partial charge in [0.2, 0.25) is 5.79 Å². The number of unbranched alkanes of at least 4 members (excludes halogenated alkanes) is 3. The Balaban J connectivity index is 1.24. The number of ether oxygens (including phenoxy) is 3. The highest BCUT2D eigenvalue weighted by atomic mass is 79.9. The summed E-state index contributed by atoms with van der Waals surface area (Å²) in [4.78, 5) is 0. The summed E-state index contributed by atoms with van der Waals surface area (Å²) in [7, 11) is 0. The number of hydrogen-bond acceptors (Lipinski definition) is 5. The molecule has 0 saturated carbocycles. The summed E-state index contributed by atoms with van der Waals surface area (Å²) < 4.78 is 45.6. The molecule has 0 aliphatic carbocycles. The number of nitrogens with one attached hydrogen (secondary N) is 1. The van der Waals surface area contributed by atoms with Gasteiger partial charge in [0.25, 0.3) is 5.92 Å². The minimum absolute atomic E-state index is 0.0452. The zero-order valence-electron chi connectivity index (χ0n) is 19.8. The molecule has 188 valence electrons. The predicted octanol–water partition coefficient (Wildman–Crippen LogP) is 6.09. The maximum Gasteiger partial charge on any atom is 0.296 e. The Hall–Kier alpha value is -1.58. The fourth-order valence-corrected chi connectivity index (χ4v) is 4.13. The maximum atomic E-state index is 14.2. The SMILES string of the molecule is CC1(C)OCc2cc(C(O)CNCCCCCCOCC(F)(F)c3cccc(Br)c3)ccc2O1. The first kappa shape index (κ1) is 27.0. The lowest BCUT2D eigenvalue weighted by molar-refractivity contribution is -0.180. The van der Waals surface area contributed by atoms with Crippen LogP contribution in [0.15, 0.2) is 46.9 Å². The Morgan fingerprint density at radius 1 is 1.15 bits per heavy atom. The molecule has 0 spiro atoms. The van der Waals surface area contributed by atoms with E-state index in [1.807, 2.05) is 32.0 Å². The smallest absolute Gasteiger partial charge is 0.296 e. The molecule has 0 fully saturated rings. The van der Waals surface area contributed by atoms with E-state index >= 15 is 0 Å². The summed E-state index contributed by atoms with van der Waals surface area (Å²) in [5, 5.41) is 13.7. The molecule has 1 atom stereocenters. The number of halogens is 3. The van der Waals surface area contributed by atoms with Crippen molar-refractivity contribution < 1.29 is 28.1 Å². The Labute approximate surface area is 208 Å². The average molecular weight is 542 g/mol. The highest BCUT2D eigenvalue weighted by Gasteiger charge is 2.32. The van der Waals surface area contributed by atoms with Gasteiger partial charge in [-0.05, 0) is 49.2 Å². The van der Waals surface area contributed by atoms with Gasteiger partial charge in [-0.1, -0.05) is 47.0 Å².